The average molecular weight is 517 g/mol. The van der Waals surface area contributed by atoms with Crippen molar-refractivity contribution >= 4 is 38.7 Å². The number of anilines is 2. The molecule has 3 aromatic rings. The monoisotopic (exact) mass is 516 g/mol. The molecule has 0 amide bonds. The van der Waals surface area contributed by atoms with Gasteiger partial charge in [0.05, 0.1) is 19.4 Å². The highest BCUT2D eigenvalue weighted by molar-refractivity contribution is 7.93. The molecule has 2 aromatic carbocycles. The number of unbranched alkanes of at least 4 members (excludes halogenated alkanes) is 3. The third kappa shape index (κ3) is 7.73. The highest BCUT2D eigenvalue weighted by Gasteiger charge is 2.25. The molecule has 0 aliphatic rings. The SMILES string of the molecule is CCCCCCNc1ccc(NS(=O)(=O)c2ccsc2C(=O)OC)c(OCCc2ccccc2)c1. The van der Waals surface area contributed by atoms with E-state index in [0.717, 1.165) is 42.0 Å². The first kappa shape index (κ1) is 26.6. The van der Waals surface area contributed by atoms with Gasteiger partial charge in [-0.1, -0.05) is 56.5 Å². The molecule has 7 nitrogen and oxygen atoms in total. The second-order valence-electron chi connectivity index (χ2n) is 7.99. The Hall–Kier alpha value is -3.04. The van der Waals surface area contributed by atoms with Crippen LogP contribution in [0, 0.1) is 0 Å². The van der Waals surface area contributed by atoms with E-state index in [1.54, 1.807) is 17.5 Å². The van der Waals surface area contributed by atoms with E-state index in [1.807, 2.05) is 36.4 Å². The van der Waals surface area contributed by atoms with Gasteiger partial charge in [-0.3, -0.25) is 4.72 Å². The molecule has 0 unspecified atom stereocenters. The van der Waals surface area contributed by atoms with Gasteiger partial charge >= 0.3 is 5.97 Å². The number of nitrogens with one attached hydrogen (secondary N) is 2. The van der Waals surface area contributed by atoms with E-state index in [0.29, 0.717) is 24.5 Å². The molecule has 1 heterocycles. The van der Waals surface area contributed by atoms with E-state index in [9.17, 15) is 13.2 Å². The van der Waals surface area contributed by atoms with Gasteiger partial charge in [-0.05, 0) is 35.6 Å². The molecule has 0 bridgehead atoms. The molecule has 0 atom stereocenters. The van der Waals surface area contributed by atoms with Crippen molar-refractivity contribution in [2.24, 2.45) is 0 Å². The summed E-state index contributed by atoms with van der Waals surface area (Å²) in [5.41, 5.74) is 2.28. The minimum atomic E-state index is -4.04. The fourth-order valence-corrected chi connectivity index (χ4v) is 5.90. The molecule has 3 rings (SSSR count). The van der Waals surface area contributed by atoms with Crippen LogP contribution >= 0.6 is 11.3 Å². The summed E-state index contributed by atoms with van der Waals surface area (Å²) in [6, 6.07) is 16.6. The van der Waals surface area contributed by atoms with Crippen molar-refractivity contribution in [3.63, 3.8) is 0 Å². The van der Waals surface area contributed by atoms with Gasteiger partial charge in [0.15, 0.2) is 0 Å². The number of carbonyl (C=O) groups excluding carboxylic acids is 1. The zero-order valence-corrected chi connectivity index (χ0v) is 21.7. The topological polar surface area (TPSA) is 93.7 Å². The summed E-state index contributed by atoms with van der Waals surface area (Å²) in [6.45, 7) is 3.38. The number of sulfonamides is 1. The molecule has 9 heteroatoms. The standard InChI is InChI=1S/C26H32N2O5S2/c1-3-4-5-9-16-27-21-12-13-22(23(19-21)33-17-14-20-10-7-6-8-11-20)28-35(30,31)24-15-18-34-25(24)26(29)32-2/h6-8,10-13,15,18-19,27-28H,3-5,9,14,16-17H2,1-2H3. The lowest BCUT2D eigenvalue weighted by Crippen LogP contribution is -2.17. The fourth-order valence-electron chi connectivity index (χ4n) is 3.49. The maximum absolute atomic E-state index is 13.1. The first-order chi connectivity index (χ1) is 16.9. The first-order valence-corrected chi connectivity index (χ1v) is 14.0. The smallest absolute Gasteiger partial charge is 0.349 e. The van der Waals surface area contributed by atoms with E-state index < -0.39 is 16.0 Å². The number of ether oxygens (including phenoxy) is 2. The Kier molecular flexibility index (Phi) is 9.98. The first-order valence-electron chi connectivity index (χ1n) is 11.7. The Labute approximate surface area is 211 Å². The predicted octanol–water partition coefficient (Wildman–Crippen LogP) is 5.95. The van der Waals surface area contributed by atoms with Crippen LogP contribution in [-0.4, -0.2) is 34.6 Å². The van der Waals surface area contributed by atoms with Crippen LogP contribution in [0.3, 0.4) is 0 Å². The van der Waals surface area contributed by atoms with Crippen LogP contribution in [0.15, 0.2) is 64.9 Å². The van der Waals surface area contributed by atoms with E-state index >= 15 is 0 Å². The number of esters is 1. The van der Waals surface area contributed by atoms with Gasteiger partial charge in [0.1, 0.15) is 15.5 Å². The predicted molar refractivity (Wildman–Crippen MR) is 141 cm³/mol. The van der Waals surface area contributed by atoms with E-state index in [2.05, 4.69) is 17.0 Å². The molecule has 1 aromatic heterocycles. The quantitative estimate of drug-likeness (QED) is 0.203. The Morgan fingerprint density at radius 2 is 1.83 bits per heavy atom. The lowest BCUT2D eigenvalue weighted by molar-refractivity contribution is 0.0602. The molecule has 188 valence electrons. The van der Waals surface area contributed by atoms with Gasteiger partial charge < -0.3 is 14.8 Å². The van der Waals surface area contributed by atoms with Gasteiger partial charge in [0.25, 0.3) is 10.0 Å². The van der Waals surface area contributed by atoms with Crippen LogP contribution in [0.1, 0.15) is 47.8 Å². The Bertz CT molecular complexity index is 1190. The minimum Gasteiger partial charge on any atom is -0.491 e. The highest BCUT2D eigenvalue weighted by Crippen LogP contribution is 2.32. The van der Waals surface area contributed by atoms with Crippen molar-refractivity contribution < 1.29 is 22.7 Å². The molecular weight excluding hydrogens is 484 g/mol. The number of hydrogen-bond acceptors (Lipinski definition) is 7. The zero-order chi connectivity index (χ0) is 25.1. The van der Waals surface area contributed by atoms with Crippen LogP contribution in [0.25, 0.3) is 0 Å². The molecule has 0 fully saturated rings. The second kappa shape index (κ2) is 13.2. The van der Waals surface area contributed by atoms with Gasteiger partial charge in [-0.25, -0.2) is 13.2 Å². The molecule has 0 aliphatic carbocycles. The van der Waals surface area contributed by atoms with Crippen molar-refractivity contribution in [1.29, 1.82) is 0 Å². The molecule has 0 radical (unpaired) electrons. The van der Waals surface area contributed by atoms with Crippen molar-refractivity contribution in [2.75, 3.05) is 30.3 Å². The molecule has 0 saturated heterocycles. The second-order valence-corrected chi connectivity index (χ2v) is 10.6. The number of hydrogen-bond donors (Lipinski definition) is 2. The third-order valence-corrected chi connectivity index (χ3v) is 7.80. The number of benzene rings is 2. The van der Waals surface area contributed by atoms with Gasteiger partial charge in [0.2, 0.25) is 0 Å². The largest absolute Gasteiger partial charge is 0.491 e. The summed E-state index contributed by atoms with van der Waals surface area (Å²) in [4.78, 5) is 11.9. The van der Waals surface area contributed by atoms with Crippen molar-refractivity contribution in [3.05, 3.63) is 70.4 Å². The summed E-state index contributed by atoms with van der Waals surface area (Å²) in [5, 5.41) is 4.93. The van der Waals surface area contributed by atoms with Crippen molar-refractivity contribution in [2.45, 2.75) is 43.9 Å². The minimum absolute atomic E-state index is 0.0249. The lowest BCUT2D eigenvalue weighted by atomic mass is 10.2. The highest BCUT2D eigenvalue weighted by atomic mass is 32.2. The van der Waals surface area contributed by atoms with Crippen LogP contribution in [0.2, 0.25) is 0 Å². The Morgan fingerprint density at radius 1 is 1.03 bits per heavy atom. The molecule has 35 heavy (non-hydrogen) atoms. The van der Waals surface area contributed by atoms with Crippen molar-refractivity contribution in [1.82, 2.24) is 0 Å². The van der Waals surface area contributed by atoms with E-state index in [-0.39, 0.29) is 9.77 Å². The lowest BCUT2D eigenvalue weighted by Gasteiger charge is -2.16. The van der Waals surface area contributed by atoms with Crippen LogP contribution < -0.4 is 14.8 Å². The zero-order valence-electron chi connectivity index (χ0n) is 20.1. The Balaban J connectivity index is 1.78. The summed E-state index contributed by atoms with van der Waals surface area (Å²) >= 11 is 1.02. The number of carbonyl (C=O) groups is 1. The number of rotatable bonds is 14. The maximum Gasteiger partial charge on any atom is 0.349 e. The number of methoxy groups -OCH3 is 1. The molecule has 0 spiro atoms. The third-order valence-electron chi connectivity index (χ3n) is 5.37. The fraction of sp³-hybridized carbons (Fsp3) is 0.346. The molecule has 2 N–H and O–H groups in total. The van der Waals surface area contributed by atoms with Crippen LogP contribution in [0.4, 0.5) is 11.4 Å². The van der Waals surface area contributed by atoms with Crippen LogP contribution in [-0.2, 0) is 21.2 Å². The maximum atomic E-state index is 13.1. The van der Waals surface area contributed by atoms with E-state index in [1.165, 1.54) is 26.0 Å². The van der Waals surface area contributed by atoms with Gasteiger partial charge in [-0.15, -0.1) is 11.3 Å². The molecule has 0 aliphatic heterocycles. The van der Waals surface area contributed by atoms with Crippen LogP contribution in [0.5, 0.6) is 5.75 Å². The van der Waals surface area contributed by atoms with Gasteiger partial charge in [0, 0.05) is 24.7 Å². The van der Waals surface area contributed by atoms with Crippen molar-refractivity contribution in [3.8, 4) is 5.75 Å². The average Bonchev–Trinajstić information content (AvgIpc) is 3.37. The normalized spacial score (nSPS) is 11.1. The van der Waals surface area contributed by atoms with E-state index in [4.69, 9.17) is 9.47 Å². The molecular formula is C26H32N2O5S2. The summed E-state index contributed by atoms with van der Waals surface area (Å²) in [7, 11) is -2.82. The number of thiophene rings is 1. The molecule has 0 saturated carbocycles. The Morgan fingerprint density at radius 3 is 2.57 bits per heavy atom. The summed E-state index contributed by atoms with van der Waals surface area (Å²) < 4.78 is 39.6. The summed E-state index contributed by atoms with van der Waals surface area (Å²) in [6.07, 6.45) is 5.27. The van der Waals surface area contributed by atoms with Gasteiger partial charge in [-0.2, -0.15) is 0 Å². The summed E-state index contributed by atoms with van der Waals surface area (Å²) in [5.74, 6) is -0.278.